The highest BCUT2D eigenvalue weighted by atomic mass is 35.5. The van der Waals surface area contributed by atoms with Crippen LogP contribution < -0.4 is 5.32 Å². The maximum absolute atomic E-state index is 12.1. The van der Waals surface area contributed by atoms with Crippen LogP contribution in [-0.4, -0.2) is 11.7 Å². The molecule has 0 radical (unpaired) electrons. The zero-order valence-electron chi connectivity index (χ0n) is 13.7. The van der Waals surface area contributed by atoms with Gasteiger partial charge in [-0.25, -0.2) is 0 Å². The van der Waals surface area contributed by atoms with Gasteiger partial charge in [-0.15, -0.1) is 11.8 Å². The fourth-order valence-electron chi connectivity index (χ4n) is 2.24. The van der Waals surface area contributed by atoms with Crippen molar-refractivity contribution < 1.29 is 4.79 Å². The van der Waals surface area contributed by atoms with E-state index in [1.54, 1.807) is 11.8 Å². The Morgan fingerprint density at radius 1 is 1.13 bits per heavy atom. The van der Waals surface area contributed by atoms with Crippen molar-refractivity contribution in [2.75, 3.05) is 5.75 Å². The monoisotopic (exact) mass is 347 g/mol. The number of aryl methyl sites for hydroxylation is 2. The quantitative estimate of drug-likeness (QED) is 0.790. The minimum Gasteiger partial charge on any atom is -0.349 e. The average molecular weight is 348 g/mol. The van der Waals surface area contributed by atoms with Gasteiger partial charge in [0.15, 0.2) is 0 Å². The van der Waals surface area contributed by atoms with Gasteiger partial charge in [-0.05, 0) is 55.2 Å². The van der Waals surface area contributed by atoms with Crippen LogP contribution in [0.5, 0.6) is 0 Å². The second-order valence-corrected chi connectivity index (χ2v) is 7.17. The number of carbonyl (C=O) groups is 1. The molecular formula is C19H22ClNOS. The molecule has 2 aromatic rings. The smallest absolute Gasteiger partial charge is 0.230 e. The van der Waals surface area contributed by atoms with Crippen LogP contribution in [0.2, 0.25) is 5.02 Å². The summed E-state index contributed by atoms with van der Waals surface area (Å²) in [5, 5.41) is 3.79. The van der Waals surface area contributed by atoms with Crippen molar-refractivity contribution in [2.45, 2.75) is 32.6 Å². The Kier molecular flexibility index (Phi) is 6.55. The van der Waals surface area contributed by atoms with Crippen molar-refractivity contribution >= 4 is 29.3 Å². The third kappa shape index (κ3) is 5.60. The van der Waals surface area contributed by atoms with Crippen molar-refractivity contribution in [3.05, 3.63) is 69.7 Å². The molecule has 1 N–H and O–H groups in total. The van der Waals surface area contributed by atoms with Crippen molar-refractivity contribution in [3.8, 4) is 0 Å². The van der Waals surface area contributed by atoms with E-state index in [0.717, 1.165) is 16.3 Å². The molecule has 1 atom stereocenters. The lowest BCUT2D eigenvalue weighted by Gasteiger charge is -2.15. The van der Waals surface area contributed by atoms with Gasteiger partial charge in [-0.3, -0.25) is 4.79 Å². The number of benzene rings is 2. The van der Waals surface area contributed by atoms with Gasteiger partial charge in [0.1, 0.15) is 0 Å². The molecule has 122 valence electrons. The van der Waals surface area contributed by atoms with Crippen molar-refractivity contribution in [1.29, 1.82) is 0 Å². The Labute approximate surface area is 147 Å². The molecule has 1 amide bonds. The van der Waals surface area contributed by atoms with Crippen LogP contribution in [0, 0.1) is 13.8 Å². The summed E-state index contributed by atoms with van der Waals surface area (Å²) >= 11 is 7.47. The number of halogens is 1. The second-order valence-electron chi connectivity index (χ2n) is 5.75. The molecule has 0 saturated heterocycles. The molecule has 0 spiro atoms. The van der Waals surface area contributed by atoms with E-state index in [4.69, 9.17) is 11.6 Å². The number of thioether (sulfide) groups is 1. The van der Waals surface area contributed by atoms with E-state index in [1.807, 2.05) is 31.2 Å². The number of carbonyl (C=O) groups excluding carboxylic acids is 1. The van der Waals surface area contributed by atoms with E-state index in [2.05, 4.69) is 37.4 Å². The molecule has 4 heteroatoms. The maximum atomic E-state index is 12.1. The lowest BCUT2D eigenvalue weighted by Crippen LogP contribution is -2.28. The summed E-state index contributed by atoms with van der Waals surface area (Å²) < 4.78 is 0. The predicted molar refractivity (Wildman–Crippen MR) is 100 cm³/mol. The summed E-state index contributed by atoms with van der Waals surface area (Å²) in [4.78, 5) is 12.1. The number of rotatable bonds is 6. The molecule has 2 rings (SSSR count). The van der Waals surface area contributed by atoms with Crippen LogP contribution in [-0.2, 0) is 10.5 Å². The molecule has 0 aliphatic rings. The Morgan fingerprint density at radius 2 is 1.83 bits per heavy atom. The van der Waals surface area contributed by atoms with Gasteiger partial charge in [-0.2, -0.15) is 0 Å². The summed E-state index contributed by atoms with van der Waals surface area (Å²) in [5.41, 5.74) is 4.84. The third-order valence-corrected chi connectivity index (χ3v) is 5.08. The summed E-state index contributed by atoms with van der Waals surface area (Å²) in [6.45, 7) is 6.21. The van der Waals surface area contributed by atoms with E-state index >= 15 is 0 Å². The van der Waals surface area contributed by atoms with Gasteiger partial charge >= 0.3 is 0 Å². The SMILES string of the molecule is Cc1ccc([C@@H](C)NC(=O)CSCc2ccc(Cl)cc2)cc1C. The highest BCUT2D eigenvalue weighted by Crippen LogP contribution is 2.18. The van der Waals surface area contributed by atoms with Crippen molar-refractivity contribution in [3.63, 3.8) is 0 Å². The first-order valence-electron chi connectivity index (χ1n) is 7.64. The normalized spacial score (nSPS) is 12.0. The highest BCUT2D eigenvalue weighted by Gasteiger charge is 2.10. The molecule has 0 heterocycles. The first kappa shape index (κ1) is 17.9. The van der Waals surface area contributed by atoms with Gasteiger partial charge in [-0.1, -0.05) is 41.9 Å². The van der Waals surface area contributed by atoms with E-state index in [9.17, 15) is 4.79 Å². The van der Waals surface area contributed by atoms with Gasteiger partial charge in [0, 0.05) is 10.8 Å². The molecule has 2 nitrogen and oxygen atoms in total. The molecule has 0 aliphatic heterocycles. The fourth-order valence-corrected chi connectivity index (χ4v) is 3.17. The molecule has 0 aliphatic carbocycles. The molecule has 2 aromatic carbocycles. The zero-order valence-corrected chi connectivity index (χ0v) is 15.3. The van der Waals surface area contributed by atoms with Crippen molar-refractivity contribution in [1.82, 2.24) is 5.32 Å². The van der Waals surface area contributed by atoms with Crippen LogP contribution in [0.3, 0.4) is 0 Å². The summed E-state index contributed by atoms with van der Waals surface area (Å²) in [6, 6.07) is 14.1. The number of hydrogen-bond acceptors (Lipinski definition) is 2. The van der Waals surface area contributed by atoms with Crippen LogP contribution in [0.1, 0.15) is 35.2 Å². The number of nitrogens with one attached hydrogen (secondary N) is 1. The van der Waals surface area contributed by atoms with Crippen LogP contribution in [0.15, 0.2) is 42.5 Å². The molecule has 23 heavy (non-hydrogen) atoms. The third-order valence-electron chi connectivity index (χ3n) is 3.82. The summed E-state index contributed by atoms with van der Waals surface area (Å²) in [5.74, 6) is 1.33. The van der Waals surface area contributed by atoms with Gasteiger partial charge < -0.3 is 5.32 Å². The number of amides is 1. The lowest BCUT2D eigenvalue weighted by atomic mass is 10.0. The molecular weight excluding hydrogens is 326 g/mol. The average Bonchev–Trinajstić information content (AvgIpc) is 2.52. The Balaban J connectivity index is 1.79. The minimum absolute atomic E-state index is 0.0259. The Bertz CT molecular complexity index is 670. The fraction of sp³-hybridized carbons (Fsp3) is 0.316. The van der Waals surface area contributed by atoms with Crippen molar-refractivity contribution in [2.24, 2.45) is 0 Å². The van der Waals surface area contributed by atoms with E-state index in [-0.39, 0.29) is 11.9 Å². The molecule has 0 saturated carbocycles. The largest absolute Gasteiger partial charge is 0.349 e. The Morgan fingerprint density at radius 3 is 2.48 bits per heavy atom. The first-order chi connectivity index (χ1) is 11.0. The molecule has 0 aromatic heterocycles. The van der Waals surface area contributed by atoms with E-state index < -0.39 is 0 Å². The van der Waals surface area contributed by atoms with E-state index in [0.29, 0.717) is 5.75 Å². The van der Waals surface area contributed by atoms with E-state index in [1.165, 1.54) is 16.7 Å². The minimum atomic E-state index is 0.0259. The van der Waals surface area contributed by atoms with Crippen LogP contribution in [0.25, 0.3) is 0 Å². The van der Waals surface area contributed by atoms with Crippen LogP contribution >= 0.6 is 23.4 Å². The van der Waals surface area contributed by atoms with Gasteiger partial charge in [0.2, 0.25) is 5.91 Å². The number of hydrogen-bond donors (Lipinski definition) is 1. The first-order valence-corrected chi connectivity index (χ1v) is 9.17. The van der Waals surface area contributed by atoms with Gasteiger partial charge in [0.05, 0.1) is 11.8 Å². The zero-order chi connectivity index (χ0) is 16.8. The molecule has 0 unspecified atom stereocenters. The Hall–Kier alpha value is -1.45. The molecule has 0 fully saturated rings. The van der Waals surface area contributed by atoms with Gasteiger partial charge in [0.25, 0.3) is 0 Å². The second kappa shape index (κ2) is 8.42. The lowest BCUT2D eigenvalue weighted by molar-refractivity contribution is -0.119. The topological polar surface area (TPSA) is 29.1 Å². The highest BCUT2D eigenvalue weighted by molar-refractivity contribution is 7.99. The van der Waals surface area contributed by atoms with Crippen LogP contribution in [0.4, 0.5) is 0 Å². The maximum Gasteiger partial charge on any atom is 0.230 e. The molecule has 0 bridgehead atoms. The standard InChI is InChI=1S/C19H22ClNOS/c1-13-4-7-17(10-14(13)2)15(3)21-19(22)12-23-11-16-5-8-18(20)9-6-16/h4-10,15H,11-12H2,1-3H3,(H,21,22)/t15-/m1/s1. The summed E-state index contributed by atoms with van der Waals surface area (Å²) in [6.07, 6.45) is 0. The summed E-state index contributed by atoms with van der Waals surface area (Å²) in [7, 11) is 0. The predicted octanol–water partition coefficient (Wildman–Crippen LogP) is 5.07.